The largest absolute Gasteiger partial charge is 0.469 e. The van der Waals surface area contributed by atoms with Crippen molar-refractivity contribution < 1.29 is 8.83 Å². The second-order valence-electron chi connectivity index (χ2n) is 21.1. The summed E-state index contributed by atoms with van der Waals surface area (Å²) in [6.07, 6.45) is 2.32. The summed E-state index contributed by atoms with van der Waals surface area (Å²) in [5, 5.41) is 7.22. The first-order valence-electron chi connectivity index (χ1n) is 23.8. The van der Waals surface area contributed by atoms with Gasteiger partial charge in [0, 0.05) is 50.4 Å². The van der Waals surface area contributed by atoms with E-state index in [4.69, 9.17) is 8.83 Å². The standard InChI is InChI=1S/C62H54BN2O2/c1-60(2,3)41-27-31-50(45(35-41)39-20-12-9-13-21-39)65-51-37-54-55(43-22-14-16-24-52(43)66-54)56(57(51)63-59-58(65)44-23-15-17-25-53(44)67-59)46-34-40(38-18-10-8-11-19-38)26-30-49(46)64-42-28-29-47-48(36-42)62(6,7)33-32-61(47,4)5/h8-31,34-37,64H,32-33H2,1-7H3. The third-order valence-electron chi connectivity index (χ3n) is 14.7. The van der Waals surface area contributed by atoms with Crippen molar-refractivity contribution in [2.75, 3.05) is 10.2 Å². The van der Waals surface area contributed by atoms with Gasteiger partial charge in [0.1, 0.15) is 16.7 Å². The van der Waals surface area contributed by atoms with E-state index in [0.29, 0.717) is 0 Å². The van der Waals surface area contributed by atoms with Crippen molar-refractivity contribution in [3.63, 3.8) is 0 Å². The molecule has 67 heavy (non-hydrogen) atoms. The fourth-order valence-corrected chi connectivity index (χ4v) is 10.9. The van der Waals surface area contributed by atoms with Crippen molar-refractivity contribution in [3.8, 4) is 33.4 Å². The number of nitrogens with zero attached hydrogens (tertiary/aromatic N) is 1. The summed E-state index contributed by atoms with van der Waals surface area (Å²) in [6, 6.07) is 61.6. The molecule has 1 N–H and O–H groups in total. The first-order chi connectivity index (χ1) is 32.3. The van der Waals surface area contributed by atoms with E-state index in [1.54, 1.807) is 0 Å². The Morgan fingerprint density at radius 2 is 1.19 bits per heavy atom. The highest BCUT2D eigenvalue weighted by Crippen LogP contribution is 2.51. The number of rotatable bonds is 6. The molecule has 327 valence electrons. The number of fused-ring (bicyclic) bond motifs is 8. The Kier molecular flexibility index (Phi) is 9.32. The Hall–Kier alpha value is -7.24. The monoisotopic (exact) mass is 869 g/mol. The van der Waals surface area contributed by atoms with Crippen LogP contribution in [-0.4, -0.2) is 7.28 Å². The molecule has 0 saturated heterocycles. The Balaban J connectivity index is 1.17. The number of nitrogens with one attached hydrogen (secondary N) is 1. The molecule has 2 aliphatic rings. The summed E-state index contributed by atoms with van der Waals surface area (Å²) in [5.41, 5.74) is 20.6. The number of hydrogen-bond acceptors (Lipinski definition) is 4. The molecule has 12 rings (SSSR count). The van der Waals surface area contributed by atoms with E-state index >= 15 is 0 Å². The van der Waals surface area contributed by atoms with Crippen LogP contribution in [0.3, 0.4) is 0 Å². The first-order valence-corrected chi connectivity index (χ1v) is 23.8. The summed E-state index contributed by atoms with van der Waals surface area (Å²) in [7, 11) is 2.28. The van der Waals surface area contributed by atoms with Gasteiger partial charge in [0.05, 0.1) is 17.0 Å². The van der Waals surface area contributed by atoms with Crippen molar-refractivity contribution in [1.29, 1.82) is 0 Å². The molecule has 5 heteroatoms. The van der Waals surface area contributed by atoms with E-state index in [0.717, 1.165) is 112 Å². The van der Waals surface area contributed by atoms with Gasteiger partial charge >= 0.3 is 0 Å². The SMILES string of the molecule is CC(C)(C)c1ccc(N2c3cc4oc5ccccc5c4c(-c4cc(-c5ccccc5)ccc4Nc4ccc5c(c4)C(C)(C)CCC5(C)C)c3[B]c3oc4ccccc4c32)c(-c2ccccc2)c1. The predicted molar refractivity (Wildman–Crippen MR) is 283 cm³/mol. The number of para-hydroxylation sites is 2. The summed E-state index contributed by atoms with van der Waals surface area (Å²) in [5.74, 6) is 0. The third kappa shape index (κ3) is 6.81. The van der Waals surface area contributed by atoms with Crippen LogP contribution < -0.4 is 21.3 Å². The fourth-order valence-electron chi connectivity index (χ4n) is 10.9. The minimum absolute atomic E-state index is 0.0616. The average molecular weight is 870 g/mol. The molecule has 0 saturated carbocycles. The van der Waals surface area contributed by atoms with E-state index in [2.05, 4.69) is 236 Å². The topological polar surface area (TPSA) is 41.6 Å². The van der Waals surface area contributed by atoms with Gasteiger partial charge in [0.2, 0.25) is 7.28 Å². The zero-order valence-electron chi connectivity index (χ0n) is 39.4. The molecule has 1 aliphatic heterocycles. The van der Waals surface area contributed by atoms with Crippen LogP contribution in [0, 0.1) is 0 Å². The minimum Gasteiger partial charge on any atom is -0.469 e. The highest BCUT2D eigenvalue weighted by Gasteiger charge is 2.38. The Morgan fingerprint density at radius 3 is 1.93 bits per heavy atom. The molecule has 1 aliphatic carbocycles. The zero-order valence-corrected chi connectivity index (χ0v) is 39.4. The average Bonchev–Trinajstić information content (AvgIpc) is 3.90. The lowest BCUT2D eigenvalue weighted by Crippen LogP contribution is -2.40. The van der Waals surface area contributed by atoms with Crippen LogP contribution in [0.25, 0.3) is 66.3 Å². The van der Waals surface area contributed by atoms with E-state index in [1.807, 2.05) is 0 Å². The second kappa shape index (κ2) is 15.2. The maximum Gasteiger partial charge on any atom is 0.247 e. The number of benzene rings is 8. The van der Waals surface area contributed by atoms with E-state index < -0.39 is 0 Å². The lowest BCUT2D eigenvalue weighted by Gasteiger charge is -2.42. The summed E-state index contributed by atoms with van der Waals surface area (Å²) in [6.45, 7) is 16.4. The molecular formula is C62H54BN2O2. The van der Waals surface area contributed by atoms with Crippen LogP contribution in [0.5, 0.6) is 0 Å². The van der Waals surface area contributed by atoms with E-state index in [1.165, 1.54) is 23.1 Å². The normalized spacial score (nSPS) is 15.0. The third-order valence-corrected chi connectivity index (χ3v) is 14.7. The van der Waals surface area contributed by atoms with Gasteiger partial charge in [-0.1, -0.05) is 158 Å². The molecular weight excluding hydrogens is 816 g/mol. The lowest BCUT2D eigenvalue weighted by atomic mass is 9.60. The van der Waals surface area contributed by atoms with Crippen LogP contribution in [0.15, 0.2) is 179 Å². The molecule has 0 atom stereocenters. The van der Waals surface area contributed by atoms with Gasteiger partial charge in [-0.25, -0.2) is 0 Å². The van der Waals surface area contributed by atoms with E-state index in [-0.39, 0.29) is 16.2 Å². The second-order valence-corrected chi connectivity index (χ2v) is 21.1. The quantitative estimate of drug-likeness (QED) is 0.169. The lowest BCUT2D eigenvalue weighted by molar-refractivity contribution is 0.332. The van der Waals surface area contributed by atoms with Gasteiger partial charge in [-0.2, -0.15) is 0 Å². The molecule has 1 radical (unpaired) electrons. The Morgan fingerprint density at radius 1 is 0.537 bits per heavy atom. The number of anilines is 5. The molecule has 0 amide bonds. The van der Waals surface area contributed by atoms with Gasteiger partial charge in [-0.15, -0.1) is 0 Å². The van der Waals surface area contributed by atoms with Crippen molar-refractivity contribution >= 4 is 79.7 Å². The van der Waals surface area contributed by atoms with E-state index in [9.17, 15) is 0 Å². The Bertz CT molecular complexity index is 3570. The smallest absolute Gasteiger partial charge is 0.247 e. The minimum atomic E-state index is -0.0616. The zero-order chi connectivity index (χ0) is 45.8. The number of hydrogen-bond donors (Lipinski definition) is 1. The first kappa shape index (κ1) is 41.2. The molecule has 4 nitrogen and oxygen atoms in total. The Labute approximate surface area is 394 Å². The van der Waals surface area contributed by atoms with Crippen molar-refractivity contribution in [1.82, 2.24) is 0 Å². The summed E-state index contributed by atoms with van der Waals surface area (Å²) < 4.78 is 14.0. The van der Waals surface area contributed by atoms with Gasteiger partial charge in [-0.05, 0) is 128 Å². The van der Waals surface area contributed by atoms with Crippen LogP contribution in [0.4, 0.5) is 28.4 Å². The maximum absolute atomic E-state index is 6.99. The highest BCUT2D eigenvalue weighted by molar-refractivity contribution is 6.73. The van der Waals surface area contributed by atoms with Crippen molar-refractivity contribution in [2.24, 2.45) is 0 Å². The van der Waals surface area contributed by atoms with Gasteiger partial charge in [-0.3, -0.25) is 0 Å². The molecule has 10 aromatic rings. The van der Waals surface area contributed by atoms with Crippen molar-refractivity contribution in [2.45, 2.75) is 77.6 Å². The van der Waals surface area contributed by atoms with Crippen LogP contribution in [0.1, 0.15) is 78.0 Å². The molecule has 0 fully saturated rings. The van der Waals surface area contributed by atoms with Gasteiger partial charge < -0.3 is 19.1 Å². The molecule has 0 spiro atoms. The van der Waals surface area contributed by atoms with Crippen LogP contribution in [-0.2, 0) is 16.2 Å². The molecule has 8 aromatic carbocycles. The maximum atomic E-state index is 6.99. The highest BCUT2D eigenvalue weighted by atomic mass is 16.3. The van der Waals surface area contributed by atoms with Crippen molar-refractivity contribution in [3.05, 3.63) is 187 Å². The van der Waals surface area contributed by atoms with Gasteiger partial charge in [0.25, 0.3) is 0 Å². The predicted octanol–water partition coefficient (Wildman–Crippen LogP) is 16.2. The summed E-state index contributed by atoms with van der Waals surface area (Å²) >= 11 is 0. The van der Waals surface area contributed by atoms with Crippen LogP contribution >= 0.6 is 0 Å². The molecule has 2 aromatic heterocycles. The molecule has 0 bridgehead atoms. The molecule has 3 heterocycles. The number of furan rings is 2. The summed E-state index contributed by atoms with van der Waals surface area (Å²) in [4.78, 5) is 2.45. The molecule has 0 unspecified atom stereocenters. The fraction of sp³-hybridized carbons (Fsp3) is 0.194. The van der Waals surface area contributed by atoms with Gasteiger partial charge in [0.15, 0.2) is 0 Å². The van der Waals surface area contributed by atoms with Crippen LogP contribution in [0.2, 0.25) is 0 Å².